The number of hydrogen-bond donors (Lipinski definition) is 1. The number of amides is 1. The molecule has 166 valence electrons. The van der Waals surface area contributed by atoms with Gasteiger partial charge in [-0.05, 0) is 55.0 Å². The van der Waals surface area contributed by atoms with Crippen molar-refractivity contribution < 1.29 is 14.3 Å². The fourth-order valence-corrected chi connectivity index (χ4v) is 4.36. The van der Waals surface area contributed by atoms with Gasteiger partial charge in [-0.2, -0.15) is 0 Å². The lowest BCUT2D eigenvalue weighted by Gasteiger charge is -2.26. The van der Waals surface area contributed by atoms with E-state index in [2.05, 4.69) is 10.2 Å². The third-order valence-electron chi connectivity index (χ3n) is 5.86. The zero-order valence-electron chi connectivity index (χ0n) is 18.5. The Balaban J connectivity index is 1.53. The molecule has 0 radical (unpaired) electrons. The molecule has 0 aliphatic carbocycles. The second-order valence-electron chi connectivity index (χ2n) is 7.95. The first-order valence-electron chi connectivity index (χ1n) is 10.9. The van der Waals surface area contributed by atoms with Gasteiger partial charge in [0.2, 0.25) is 0 Å². The van der Waals surface area contributed by atoms with Crippen molar-refractivity contribution >= 4 is 40.8 Å². The van der Waals surface area contributed by atoms with E-state index in [-0.39, 0.29) is 18.4 Å². The van der Waals surface area contributed by atoms with E-state index in [0.29, 0.717) is 18.7 Å². The lowest BCUT2D eigenvalue weighted by Crippen LogP contribution is -2.20. The lowest BCUT2D eigenvalue weighted by atomic mass is 10.0. The van der Waals surface area contributed by atoms with Crippen LogP contribution in [0.15, 0.2) is 60.8 Å². The zero-order chi connectivity index (χ0) is 22.9. The van der Waals surface area contributed by atoms with Gasteiger partial charge in [-0.15, -0.1) is 0 Å². The van der Waals surface area contributed by atoms with Crippen LogP contribution < -0.4 is 10.2 Å². The maximum absolute atomic E-state index is 12.9. The molecular formula is C26H24N4O3. The Kier molecular flexibility index (Phi) is 5.30. The first-order chi connectivity index (χ1) is 16.1. The number of esters is 1. The molecule has 1 aromatic heterocycles. The second kappa shape index (κ2) is 8.43. The summed E-state index contributed by atoms with van der Waals surface area (Å²) in [5.74, 6) is 0.537. The summed E-state index contributed by atoms with van der Waals surface area (Å²) in [4.78, 5) is 33.1. The number of carbonyl (C=O) groups is 2. The van der Waals surface area contributed by atoms with Crippen LogP contribution in [-0.2, 0) is 16.1 Å². The Morgan fingerprint density at radius 2 is 1.97 bits per heavy atom. The van der Waals surface area contributed by atoms with Crippen molar-refractivity contribution in [1.82, 2.24) is 9.88 Å². The fourth-order valence-electron chi connectivity index (χ4n) is 4.36. The Labute approximate surface area is 192 Å². The van der Waals surface area contributed by atoms with E-state index in [0.717, 1.165) is 39.6 Å². The van der Waals surface area contributed by atoms with Gasteiger partial charge in [0.15, 0.2) is 0 Å². The van der Waals surface area contributed by atoms with E-state index in [1.807, 2.05) is 67.7 Å². The molecule has 3 heterocycles. The summed E-state index contributed by atoms with van der Waals surface area (Å²) in [5.41, 5.74) is 6.28. The number of aromatic nitrogens is 1. The summed E-state index contributed by atoms with van der Waals surface area (Å²) in [6.45, 7) is 2.81. The van der Waals surface area contributed by atoms with Crippen molar-refractivity contribution in [1.29, 1.82) is 0 Å². The summed E-state index contributed by atoms with van der Waals surface area (Å²) in [6, 6.07) is 17.7. The summed E-state index contributed by atoms with van der Waals surface area (Å²) >= 11 is 0. The molecule has 5 rings (SSSR count). The SMILES string of the molecule is CCOC(=O)CNc1cccc(CN2c3cccc4c3C(=Cc3cccnc32)N(C)C4=O)c1. The molecule has 33 heavy (non-hydrogen) atoms. The van der Waals surface area contributed by atoms with E-state index in [9.17, 15) is 9.59 Å². The van der Waals surface area contributed by atoms with Crippen LogP contribution in [0.25, 0.3) is 11.8 Å². The van der Waals surface area contributed by atoms with Gasteiger partial charge in [0.25, 0.3) is 5.91 Å². The number of nitrogens with zero attached hydrogens (tertiary/aromatic N) is 3. The standard InChI is InChI=1S/C26H24N4O3/c1-3-33-23(31)15-28-19-9-4-7-17(13-19)16-30-21-11-5-10-20-24(21)22(29(2)26(20)32)14-18-8-6-12-27-25(18)30/h4-14,28H,3,15-16H2,1-2H3. The quantitative estimate of drug-likeness (QED) is 0.577. The number of carbonyl (C=O) groups excluding carboxylic acids is 2. The molecule has 1 amide bonds. The summed E-state index contributed by atoms with van der Waals surface area (Å²) in [7, 11) is 1.81. The van der Waals surface area contributed by atoms with Gasteiger partial charge >= 0.3 is 5.97 Å². The molecule has 7 heteroatoms. The topological polar surface area (TPSA) is 74.8 Å². The maximum Gasteiger partial charge on any atom is 0.325 e. The highest BCUT2D eigenvalue weighted by molar-refractivity contribution is 6.15. The number of hydrogen-bond acceptors (Lipinski definition) is 6. The number of benzene rings is 2. The summed E-state index contributed by atoms with van der Waals surface area (Å²) in [6.07, 6.45) is 3.82. The number of ether oxygens (including phenoxy) is 1. The number of pyridine rings is 1. The first kappa shape index (κ1) is 20.8. The summed E-state index contributed by atoms with van der Waals surface area (Å²) in [5, 5.41) is 3.12. The fraction of sp³-hybridized carbons (Fsp3) is 0.192. The molecule has 2 aliphatic heterocycles. The smallest absolute Gasteiger partial charge is 0.325 e. The molecule has 0 fully saturated rings. The molecular weight excluding hydrogens is 416 g/mol. The molecule has 0 bridgehead atoms. The van der Waals surface area contributed by atoms with Crippen LogP contribution >= 0.6 is 0 Å². The largest absolute Gasteiger partial charge is 0.465 e. The van der Waals surface area contributed by atoms with Gasteiger partial charge < -0.3 is 19.9 Å². The van der Waals surface area contributed by atoms with Crippen LogP contribution in [0.3, 0.4) is 0 Å². The van der Waals surface area contributed by atoms with E-state index >= 15 is 0 Å². The van der Waals surface area contributed by atoms with Crippen LogP contribution in [0.1, 0.15) is 34.0 Å². The number of fused-ring (bicyclic) bond motifs is 1. The van der Waals surface area contributed by atoms with Crippen LogP contribution in [-0.4, -0.2) is 42.0 Å². The highest BCUT2D eigenvalue weighted by atomic mass is 16.5. The van der Waals surface area contributed by atoms with Crippen molar-refractivity contribution in [2.24, 2.45) is 0 Å². The normalized spacial score (nSPS) is 13.8. The predicted octanol–water partition coefficient (Wildman–Crippen LogP) is 4.29. The zero-order valence-corrected chi connectivity index (χ0v) is 18.5. The minimum absolute atomic E-state index is 0.00412. The minimum Gasteiger partial charge on any atom is -0.465 e. The van der Waals surface area contributed by atoms with Gasteiger partial charge in [-0.25, -0.2) is 4.98 Å². The molecule has 2 aromatic carbocycles. The van der Waals surface area contributed by atoms with Crippen molar-refractivity contribution in [3.05, 3.63) is 83.0 Å². The third-order valence-corrected chi connectivity index (χ3v) is 5.86. The Bertz CT molecular complexity index is 1280. The van der Waals surface area contributed by atoms with Crippen LogP contribution in [0.5, 0.6) is 0 Å². The average Bonchev–Trinajstić information content (AvgIpc) is 2.98. The van der Waals surface area contributed by atoms with Crippen molar-refractivity contribution in [2.45, 2.75) is 13.5 Å². The van der Waals surface area contributed by atoms with Gasteiger partial charge in [-0.1, -0.05) is 18.2 Å². The molecule has 2 aliphatic rings. The van der Waals surface area contributed by atoms with Gasteiger partial charge in [0.05, 0.1) is 23.6 Å². The molecule has 1 N–H and O–H groups in total. The number of rotatable bonds is 6. The molecule has 3 aromatic rings. The average molecular weight is 441 g/mol. The second-order valence-corrected chi connectivity index (χ2v) is 7.95. The van der Waals surface area contributed by atoms with Gasteiger partial charge in [0.1, 0.15) is 12.4 Å². The van der Waals surface area contributed by atoms with Gasteiger partial charge in [0, 0.05) is 36.6 Å². The third kappa shape index (κ3) is 3.71. The highest BCUT2D eigenvalue weighted by Gasteiger charge is 2.35. The van der Waals surface area contributed by atoms with Crippen LogP contribution in [0.4, 0.5) is 17.2 Å². The molecule has 0 spiro atoms. The molecule has 0 saturated heterocycles. The van der Waals surface area contributed by atoms with Crippen LogP contribution in [0.2, 0.25) is 0 Å². The molecule has 7 nitrogen and oxygen atoms in total. The number of nitrogens with one attached hydrogen (secondary N) is 1. The lowest BCUT2D eigenvalue weighted by molar-refractivity contribution is -0.140. The van der Waals surface area contributed by atoms with Crippen LogP contribution in [0, 0.1) is 0 Å². The maximum atomic E-state index is 12.9. The van der Waals surface area contributed by atoms with Crippen molar-refractivity contribution in [3.8, 4) is 0 Å². The molecule has 0 unspecified atom stereocenters. The van der Waals surface area contributed by atoms with Gasteiger partial charge in [-0.3, -0.25) is 9.59 Å². The highest BCUT2D eigenvalue weighted by Crippen LogP contribution is 2.45. The van der Waals surface area contributed by atoms with E-state index in [1.165, 1.54) is 0 Å². The Morgan fingerprint density at radius 1 is 1.12 bits per heavy atom. The predicted molar refractivity (Wildman–Crippen MR) is 128 cm³/mol. The molecule has 0 atom stereocenters. The van der Waals surface area contributed by atoms with Crippen molar-refractivity contribution in [2.75, 3.05) is 30.4 Å². The van der Waals surface area contributed by atoms with Crippen molar-refractivity contribution in [3.63, 3.8) is 0 Å². The monoisotopic (exact) mass is 440 g/mol. The Morgan fingerprint density at radius 3 is 2.82 bits per heavy atom. The Hall–Kier alpha value is -4.13. The minimum atomic E-state index is -0.291. The van der Waals surface area contributed by atoms with E-state index in [1.54, 1.807) is 18.0 Å². The van der Waals surface area contributed by atoms with E-state index < -0.39 is 0 Å². The number of anilines is 3. The van der Waals surface area contributed by atoms with E-state index in [4.69, 9.17) is 9.72 Å². The first-order valence-corrected chi connectivity index (χ1v) is 10.9. The molecule has 0 saturated carbocycles. The summed E-state index contributed by atoms with van der Waals surface area (Å²) < 4.78 is 5.00.